The highest BCUT2D eigenvalue weighted by Gasteiger charge is 2.05. The summed E-state index contributed by atoms with van der Waals surface area (Å²) in [6, 6.07) is 8.28. The zero-order valence-corrected chi connectivity index (χ0v) is 11.8. The smallest absolute Gasteiger partial charge is 0.0898 e. The fourth-order valence-electron chi connectivity index (χ4n) is 2.14. The fraction of sp³-hybridized carbons (Fsp3) is 0.200. The van der Waals surface area contributed by atoms with Crippen LogP contribution < -0.4 is 5.32 Å². The van der Waals surface area contributed by atoms with Gasteiger partial charge in [0.25, 0.3) is 0 Å². The molecule has 0 saturated heterocycles. The van der Waals surface area contributed by atoms with E-state index < -0.39 is 0 Å². The summed E-state index contributed by atoms with van der Waals surface area (Å²) < 4.78 is 0. The Balaban J connectivity index is 1.91. The molecule has 0 aliphatic carbocycles. The molecular weight excluding hydrogens is 254 g/mol. The van der Waals surface area contributed by atoms with Gasteiger partial charge in [0.05, 0.1) is 22.8 Å². The number of hydrogen-bond donors (Lipinski definition) is 1. The first-order valence-corrected chi connectivity index (χ1v) is 7.11. The SMILES string of the molecule is Cc1nc(CNc2ccc(C)c3ncccc23)cs1. The number of aromatic nitrogens is 2. The van der Waals surface area contributed by atoms with E-state index in [1.807, 2.05) is 19.2 Å². The van der Waals surface area contributed by atoms with E-state index in [0.717, 1.165) is 33.8 Å². The molecule has 0 aliphatic rings. The molecule has 3 nitrogen and oxygen atoms in total. The van der Waals surface area contributed by atoms with E-state index in [9.17, 15) is 0 Å². The normalized spacial score (nSPS) is 10.8. The van der Waals surface area contributed by atoms with E-state index >= 15 is 0 Å². The molecule has 2 aromatic heterocycles. The van der Waals surface area contributed by atoms with Crippen LogP contribution in [0.2, 0.25) is 0 Å². The number of benzene rings is 1. The Morgan fingerprint density at radius 1 is 1.21 bits per heavy atom. The van der Waals surface area contributed by atoms with E-state index in [1.54, 1.807) is 11.3 Å². The van der Waals surface area contributed by atoms with Crippen molar-refractivity contribution in [3.63, 3.8) is 0 Å². The van der Waals surface area contributed by atoms with E-state index in [4.69, 9.17) is 0 Å². The van der Waals surface area contributed by atoms with Crippen LogP contribution in [0.25, 0.3) is 10.9 Å². The maximum atomic E-state index is 4.46. The number of anilines is 1. The van der Waals surface area contributed by atoms with Crippen LogP contribution in [0.15, 0.2) is 35.8 Å². The van der Waals surface area contributed by atoms with Crippen LogP contribution >= 0.6 is 11.3 Å². The Bertz CT molecular complexity index is 718. The van der Waals surface area contributed by atoms with E-state index in [1.165, 1.54) is 5.56 Å². The van der Waals surface area contributed by atoms with Gasteiger partial charge < -0.3 is 5.32 Å². The number of nitrogens with zero attached hydrogens (tertiary/aromatic N) is 2. The summed E-state index contributed by atoms with van der Waals surface area (Å²) in [5.41, 5.74) is 4.45. The summed E-state index contributed by atoms with van der Waals surface area (Å²) in [5.74, 6) is 0. The number of hydrogen-bond acceptors (Lipinski definition) is 4. The van der Waals surface area contributed by atoms with Crippen LogP contribution in [0.4, 0.5) is 5.69 Å². The highest BCUT2D eigenvalue weighted by atomic mass is 32.1. The van der Waals surface area contributed by atoms with E-state index in [2.05, 4.69) is 45.8 Å². The molecule has 4 heteroatoms. The third kappa shape index (κ3) is 2.44. The summed E-state index contributed by atoms with van der Waals surface area (Å²) in [4.78, 5) is 8.91. The molecule has 1 N–H and O–H groups in total. The van der Waals surface area contributed by atoms with Gasteiger partial charge in [-0.05, 0) is 37.6 Å². The Hall–Kier alpha value is -1.94. The Morgan fingerprint density at radius 2 is 2.11 bits per heavy atom. The highest BCUT2D eigenvalue weighted by molar-refractivity contribution is 7.09. The molecule has 1 aromatic carbocycles. The molecule has 19 heavy (non-hydrogen) atoms. The van der Waals surface area contributed by atoms with Crippen molar-refractivity contribution >= 4 is 27.9 Å². The summed E-state index contributed by atoms with van der Waals surface area (Å²) >= 11 is 1.68. The van der Waals surface area contributed by atoms with Crippen LogP contribution in [-0.4, -0.2) is 9.97 Å². The molecule has 0 spiro atoms. The van der Waals surface area contributed by atoms with Crippen LogP contribution in [0.5, 0.6) is 0 Å². The first-order chi connectivity index (χ1) is 9.24. The topological polar surface area (TPSA) is 37.8 Å². The summed E-state index contributed by atoms with van der Waals surface area (Å²) in [6.07, 6.45) is 1.84. The lowest BCUT2D eigenvalue weighted by molar-refractivity contribution is 1.06. The standard InChI is InChI=1S/C15H15N3S/c1-10-5-6-14(13-4-3-7-16-15(10)13)17-8-12-9-19-11(2)18-12/h3-7,9,17H,8H2,1-2H3. The van der Waals surface area contributed by atoms with E-state index in [-0.39, 0.29) is 0 Å². The van der Waals surface area contributed by atoms with Gasteiger partial charge in [-0.15, -0.1) is 11.3 Å². The minimum Gasteiger partial charge on any atom is -0.379 e. The highest BCUT2D eigenvalue weighted by Crippen LogP contribution is 2.25. The summed E-state index contributed by atoms with van der Waals surface area (Å²) in [5, 5.41) is 7.81. The number of aryl methyl sites for hydroxylation is 2. The number of nitrogens with one attached hydrogen (secondary N) is 1. The second kappa shape index (κ2) is 4.97. The second-order valence-electron chi connectivity index (χ2n) is 4.54. The molecule has 3 rings (SSSR count). The third-order valence-corrected chi connectivity index (χ3v) is 3.92. The van der Waals surface area contributed by atoms with Crippen molar-refractivity contribution in [1.29, 1.82) is 0 Å². The molecule has 3 aromatic rings. The molecule has 0 fully saturated rings. The minimum atomic E-state index is 0.747. The predicted octanol–water partition coefficient (Wildman–Crippen LogP) is 3.92. The zero-order valence-electron chi connectivity index (χ0n) is 11.0. The average Bonchev–Trinajstić information content (AvgIpc) is 2.84. The van der Waals surface area contributed by atoms with Gasteiger partial charge in [-0.25, -0.2) is 4.98 Å². The van der Waals surface area contributed by atoms with Crippen molar-refractivity contribution < 1.29 is 0 Å². The Labute approximate surface area is 116 Å². The average molecular weight is 269 g/mol. The fourth-order valence-corrected chi connectivity index (χ4v) is 2.76. The van der Waals surface area contributed by atoms with Gasteiger partial charge in [0.2, 0.25) is 0 Å². The number of fused-ring (bicyclic) bond motifs is 1. The van der Waals surface area contributed by atoms with Crippen molar-refractivity contribution in [3.05, 3.63) is 52.1 Å². The van der Waals surface area contributed by atoms with E-state index in [0.29, 0.717) is 0 Å². The van der Waals surface area contributed by atoms with Crippen molar-refractivity contribution in [2.24, 2.45) is 0 Å². The van der Waals surface area contributed by atoms with Gasteiger partial charge in [-0.1, -0.05) is 6.07 Å². The second-order valence-corrected chi connectivity index (χ2v) is 5.60. The molecule has 0 amide bonds. The number of rotatable bonds is 3. The summed E-state index contributed by atoms with van der Waals surface area (Å²) in [7, 11) is 0. The van der Waals surface area contributed by atoms with Gasteiger partial charge in [0.15, 0.2) is 0 Å². The van der Waals surface area contributed by atoms with Crippen molar-refractivity contribution in [2.75, 3.05) is 5.32 Å². The lowest BCUT2D eigenvalue weighted by Crippen LogP contribution is -2.01. The predicted molar refractivity (Wildman–Crippen MR) is 80.7 cm³/mol. The van der Waals surface area contributed by atoms with Crippen molar-refractivity contribution in [1.82, 2.24) is 9.97 Å². The maximum absolute atomic E-state index is 4.46. The first-order valence-electron chi connectivity index (χ1n) is 6.23. The number of thiazole rings is 1. The first kappa shape index (κ1) is 12.1. The largest absolute Gasteiger partial charge is 0.379 e. The summed E-state index contributed by atoms with van der Waals surface area (Å²) in [6.45, 7) is 4.86. The lowest BCUT2D eigenvalue weighted by atomic mass is 10.1. The maximum Gasteiger partial charge on any atom is 0.0898 e. The van der Waals surface area contributed by atoms with Gasteiger partial charge in [-0.2, -0.15) is 0 Å². The molecular formula is C15H15N3S. The molecule has 0 saturated carbocycles. The van der Waals surface area contributed by atoms with Crippen LogP contribution in [0.3, 0.4) is 0 Å². The van der Waals surface area contributed by atoms with Gasteiger partial charge in [0, 0.05) is 22.7 Å². The quantitative estimate of drug-likeness (QED) is 0.783. The monoisotopic (exact) mass is 269 g/mol. The van der Waals surface area contributed by atoms with Crippen LogP contribution in [-0.2, 0) is 6.54 Å². The number of pyridine rings is 1. The Morgan fingerprint density at radius 3 is 2.89 bits per heavy atom. The van der Waals surface area contributed by atoms with Gasteiger partial charge >= 0.3 is 0 Å². The van der Waals surface area contributed by atoms with Gasteiger partial charge in [-0.3, -0.25) is 4.98 Å². The van der Waals surface area contributed by atoms with Crippen LogP contribution in [0.1, 0.15) is 16.3 Å². The van der Waals surface area contributed by atoms with Crippen molar-refractivity contribution in [2.45, 2.75) is 20.4 Å². The molecule has 0 aliphatic heterocycles. The van der Waals surface area contributed by atoms with Gasteiger partial charge in [0.1, 0.15) is 0 Å². The van der Waals surface area contributed by atoms with Crippen LogP contribution in [0, 0.1) is 13.8 Å². The molecule has 0 bridgehead atoms. The van der Waals surface area contributed by atoms with Crippen molar-refractivity contribution in [3.8, 4) is 0 Å². The molecule has 2 heterocycles. The minimum absolute atomic E-state index is 0.747. The molecule has 96 valence electrons. The third-order valence-electron chi connectivity index (χ3n) is 3.10. The molecule has 0 radical (unpaired) electrons. The molecule has 0 atom stereocenters. The Kier molecular flexibility index (Phi) is 3.17. The molecule has 0 unspecified atom stereocenters. The zero-order chi connectivity index (χ0) is 13.2. The lowest BCUT2D eigenvalue weighted by Gasteiger charge is -2.09.